The van der Waals surface area contributed by atoms with Gasteiger partial charge in [0.05, 0.1) is 15.5 Å². The number of nitrogens with one attached hydrogen (secondary N) is 1. The van der Waals surface area contributed by atoms with E-state index in [-0.39, 0.29) is 27.7 Å². The van der Waals surface area contributed by atoms with Crippen molar-refractivity contribution in [3.05, 3.63) is 58.1 Å². The summed E-state index contributed by atoms with van der Waals surface area (Å²) in [5.41, 5.74) is 0.688. The smallest absolute Gasteiger partial charge is 0.270 e. The molecule has 0 spiro atoms. The van der Waals surface area contributed by atoms with Gasteiger partial charge in [-0.2, -0.15) is 8.61 Å². The van der Waals surface area contributed by atoms with E-state index >= 15 is 0 Å². The van der Waals surface area contributed by atoms with E-state index in [1.807, 2.05) is 0 Å². The minimum atomic E-state index is -3.89. The first-order valence-corrected chi connectivity index (χ1v) is 13.6. The number of non-ortho nitro benzene ring substituents is 1. The van der Waals surface area contributed by atoms with E-state index in [0.29, 0.717) is 26.2 Å². The monoisotopic (exact) mass is 496 g/mol. The van der Waals surface area contributed by atoms with Crippen LogP contribution in [0, 0.1) is 10.1 Å². The molecule has 1 saturated heterocycles. The molecule has 3 rings (SSSR count). The van der Waals surface area contributed by atoms with Gasteiger partial charge in [0.2, 0.25) is 20.0 Å². The van der Waals surface area contributed by atoms with Crippen molar-refractivity contribution in [2.45, 2.75) is 43.0 Å². The van der Waals surface area contributed by atoms with Crippen molar-refractivity contribution in [2.75, 3.05) is 31.5 Å². The number of anilines is 1. The molecule has 1 fully saturated rings. The molecular formula is C21H28N4O6S2. The number of nitrogens with zero attached hydrogens (tertiary/aromatic N) is 3. The zero-order chi connectivity index (χ0) is 24.2. The number of nitro benzene ring substituents is 1. The molecule has 0 unspecified atom stereocenters. The predicted octanol–water partition coefficient (Wildman–Crippen LogP) is 3.02. The van der Waals surface area contributed by atoms with Gasteiger partial charge in [-0.25, -0.2) is 16.8 Å². The molecule has 2 aromatic carbocycles. The summed E-state index contributed by atoms with van der Waals surface area (Å²) in [4.78, 5) is 10.6. The second-order valence-corrected chi connectivity index (χ2v) is 11.5. The number of rotatable bonds is 10. The topological polar surface area (TPSA) is 130 Å². The van der Waals surface area contributed by atoms with Gasteiger partial charge < -0.3 is 5.32 Å². The molecule has 180 valence electrons. The van der Waals surface area contributed by atoms with Crippen molar-refractivity contribution in [3.8, 4) is 0 Å². The molecule has 0 aromatic heterocycles. The molecular weight excluding hydrogens is 468 g/mol. The van der Waals surface area contributed by atoms with Gasteiger partial charge in [-0.3, -0.25) is 10.1 Å². The fraction of sp³-hybridized carbons (Fsp3) is 0.429. The third-order valence-electron chi connectivity index (χ3n) is 5.61. The van der Waals surface area contributed by atoms with Crippen LogP contribution >= 0.6 is 0 Å². The molecule has 1 heterocycles. The average molecular weight is 497 g/mol. The fourth-order valence-corrected chi connectivity index (χ4v) is 6.90. The molecule has 2 aromatic rings. The van der Waals surface area contributed by atoms with Crippen LogP contribution in [0.4, 0.5) is 11.4 Å². The maximum absolute atomic E-state index is 13.1. The number of hydrogen-bond donors (Lipinski definition) is 1. The Morgan fingerprint density at radius 2 is 1.61 bits per heavy atom. The number of nitro groups is 1. The number of benzene rings is 2. The first kappa shape index (κ1) is 25.1. The highest BCUT2D eigenvalue weighted by Gasteiger charge is 2.31. The molecule has 1 aliphatic heterocycles. The third kappa shape index (κ3) is 5.35. The lowest BCUT2D eigenvalue weighted by atomic mass is 10.2. The molecule has 0 aliphatic carbocycles. The number of sulfonamides is 2. The van der Waals surface area contributed by atoms with Crippen molar-refractivity contribution in [1.82, 2.24) is 8.61 Å². The Morgan fingerprint density at radius 1 is 1.00 bits per heavy atom. The molecule has 0 bridgehead atoms. The van der Waals surface area contributed by atoms with Crippen LogP contribution in [0.15, 0.2) is 52.3 Å². The van der Waals surface area contributed by atoms with E-state index in [1.165, 1.54) is 32.9 Å². The first-order valence-electron chi connectivity index (χ1n) is 10.7. The van der Waals surface area contributed by atoms with Gasteiger partial charge in [0.15, 0.2) is 0 Å². The summed E-state index contributed by atoms with van der Waals surface area (Å²) in [5.74, 6) is 0. The SMILES string of the molecule is CCN(CC)S(=O)(=O)c1ccc(CNc2ccc([N+](=O)[O-])cc2S(=O)(=O)N2CCCC2)cc1. The normalized spacial score (nSPS) is 15.1. The van der Waals surface area contributed by atoms with Gasteiger partial charge in [-0.1, -0.05) is 26.0 Å². The van der Waals surface area contributed by atoms with Gasteiger partial charge in [0.25, 0.3) is 5.69 Å². The second-order valence-electron chi connectivity index (χ2n) is 7.64. The highest BCUT2D eigenvalue weighted by molar-refractivity contribution is 7.89. The Morgan fingerprint density at radius 3 is 2.15 bits per heavy atom. The summed E-state index contributed by atoms with van der Waals surface area (Å²) in [5, 5.41) is 14.3. The maximum Gasteiger partial charge on any atom is 0.270 e. The highest BCUT2D eigenvalue weighted by atomic mass is 32.2. The minimum absolute atomic E-state index is 0.140. The molecule has 10 nitrogen and oxygen atoms in total. The zero-order valence-corrected chi connectivity index (χ0v) is 20.2. The van der Waals surface area contributed by atoms with Crippen molar-refractivity contribution in [3.63, 3.8) is 0 Å². The minimum Gasteiger partial charge on any atom is -0.380 e. The van der Waals surface area contributed by atoms with Gasteiger partial charge in [0, 0.05) is 44.9 Å². The van der Waals surface area contributed by atoms with Crippen molar-refractivity contribution in [1.29, 1.82) is 0 Å². The Kier molecular flexibility index (Phi) is 7.73. The van der Waals surface area contributed by atoms with E-state index in [4.69, 9.17) is 0 Å². The molecule has 0 atom stereocenters. The molecule has 33 heavy (non-hydrogen) atoms. The van der Waals surface area contributed by atoms with Crippen molar-refractivity contribution < 1.29 is 21.8 Å². The lowest BCUT2D eigenvalue weighted by Crippen LogP contribution is -2.30. The molecule has 0 radical (unpaired) electrons. The van der Waals surface area contributed by atoms with Crippen LogP contribution in [0.2, 0.25) is 0 Å². The van der Waals surface area contributed by atoms with E-state index < -0.39 is 25.0 Å². The van der Waals surface area contributed by atoms with Crippen LogP contribution in [-0.2, 0) is 26.6 Å². The molecule has 0 amide bonds. The highest BCUT2D eigenvalue weighted by Crippen LogP contribution is 2.31. The van der Waals surface area contributed by atoms with E-state index in [0.717, 1.165) is 24.5 Å². The molecule has 1 N–H and O–H groups in total. The van der Waals surface area contributed by atoms with Gasteiger partial charge in [0.1, 0.15) is 4.90 Å². The summed E-state index contributed by atoms with van der Waals surface area (Å²) in [6.45, 7) is 5.27. The van der Waals surface area contributed by atoms with Crippen LogP contribution in [0.5, 0.6) is 0 Å². The standard InChI is InChI=1S/C21H28N4O6S2/c1-3-23(4-2)32(28,29)19-10-7-17(8-11-19)16-22-20-12-9-18(25(26)27)15-21(20)33(30,31)24-13-5-6-14-24/h7-12,15,22H,3-6,13-14,16H2,1-2H3. The van der Waals surface area contributed by atoms with Crippen LogP contribution in [0.1, 0.15) is 32.3 Å². The fourth-order valence-electron chi connectivity index (χ4n) is 3.74. The van der Waals surface area contributed by atoms with Crippen LogP contribution in [-0.4, -0.2) is 56.5 Å². The van der Waals surface area contributed by atoms with Crippen LogP contribution in [0.25, 0.3) is 0 Å². The number of hydrogen-bond acceptors (Lipinski definition) is 7. The van der Waals surface area contributed by atoms with Gasteiger partial charge in [-0.05, 0) is 36.6 Å². The molecule has 1 aliphatic rings. The molecule has 12 heteroatoms. The quantitative estimate of drug-likeness (QED) is 0.395. The van der Waals surface area contributed by atoms with Gasteiger partial charge >= 0.3 is 0 Å². The Hall–Kier alpha value is -2.54. The zero-order valence-electron chi connectivity index (χ0n) is 18.6. The second kappa shape index (κ2) is 10.2. The average Bonchev–Trinajstić information content (AvgIpc) is 3.34. The Bertz CT molecular complexity index is 1200. The lowest BCUT2D eigenvalue weighted by Gasteiger charge is -2.19. The first-order chi connectivity index (χ1) is 15.6. The maximum atomic E-state index is 13.1. The van der Waals surface area contributed by atoms with Crippen LogP contribution < -0.4 is 5.32 Å². The van der Waals surface area contributed by atoms with E-state index in [1.54, 1.807) is 26.0 Å². The third-order valence-corrected chi connectivity index (χ3v) is 9.61. The summed E-state index contributed by atoms with van der Waals surface area (Å²) in [6, 6.07) is 10.1. The van der Waals surface area contributed by atoms with Crippen molar-refractivity contribution >= 4 is 31.4 Å². The Labute approximate surface area is 194 Å². The molecule has 0 saturated carbocycles. The Balaban J connectivity index is 1.85. The lowest BCUT2D eigenvalue weighted by molar-refractivity contribution is -0.385. The summed E-state index contributed by atoms with van der Waals surface area (Å²) >= 11 is 0. The largest absolute Gasteiger partial charge is 0.380 e. The van der Waals surface area contributed by atoms with Gasteiger partial charge in [-0.15, -0.1) is 0 Å². The summed E-state index contributed by atoms with van der Waals surface area (Å²) < 4.78 is 54.2. The van der Waals surface area contributed by atoms with Crippen molar-refractivity contribution in [2.24, 2.45) is 0 Å². The van der Waals surface area contributed by atoms with Crippen LogP contribution in [0.3, 0.4) is 0 Å². The van der Waals surface area contributed by atoms with E-state index in [9.17, 15) is 26.9 Å². The van der Waals surface area contributed by atoms with E-state index in [2.05, 4.69) is 5.32 Å². The predicted molar refractivity (Wildman–Crippen MR) is 125 cm³/mol. The summed E-state index contributed by atoms with van der Waals surface area (Å²) in [7, 11) is -7.46. The summed E-state index contributed by atoms with van der Waals surface area (Å²) in [6.07, 6.45) is 1.50.